The van der Waals surface area contributed by atoms with E-state index in [1.54, 1.807) is 0 Å². The van der Waals surface area contributed by atoms with Crippen LogP contribution in [-0.2, 0) is 0 Å². The molecule has 2 aliphatic carbocycles. The van der Waals surface area contributed by atoms with Gasteiger partial charge in [0, 0.05) is 5.70 Å². The van der Waals surface area contributed by atoms with Gasteiger partial charge < -0.3 is 5.32 Å². The molecule has 2 aliphatic rings. The van der Waals surface area contributed by atoms with Crippen molar-refractivity contribution in [3.63, 3.8) is 0 Å². The summed E-state index contributed by atoms with van der Waals surface area (Å²) in [6.45, 7) is 4.17. The molecule has 0 heterocycles. The SMILES string of the molecule is C=C(CCC1CCCC(Bc2ccccc2)CCC1)NC(=O)BC1CCCCCCC1. The summed E-state index contributed by atoms with van der Waals surface area (Å²) in [7, 11) is 1.95. The van der Waals surface area contributed by atoms with Gasteiger partial charge >= 0.3 is 0 Å². The Kier molecular flexibility index (Phi) is 10.8. The third-order valence-electron chi connectivity index (χ3n) is 7.69. The van der Waals surface area contributed by atoms with Gasteiger partial charge in [-0.2, -0.15) is 0 Å². The summed E-state index contributed by atoms with van der Waals surface area (Å²) in [5.41, 5.74) is 2.44. The molecule has 0 aromatic heterocycles. The second-order valence-electron chi connectivity index (χ2n) is 10.4. The molecule has 2 saturated carbocycles. The Labute approximate surface area is 192 Å². The van der Waals surface area contributed by atoms with Crippen LogP contribution in [0.5, 0.6) is 0 Å². The minimum Gasteiger partial charge on any atom is -0.339 e. The number of amides is 1. The number of nitrogens with one attached hydrogen (secondary N) is 1. The summed E-state index contributed by atoms with van der Waals surface area (Å²) in [6.07, 6.45) is 19.4. The van der Waals surface area contributed by atoms with Gasteiger partial charge in [-0.1, -0.05) is 137 Å². The molecule has 0 bridgehead atoms. The molecule has 0 unspecified atom stereocenters. The normalized spacial score (nSPS) is 23.5. The highest BCUT2D eigenvalue weighted by Crippen LogP contribution is 2.31. The maximum absolute atomic E-state index is 12.5. The van der Waals surface area contributed by atoms with Crippen molar-refractivity contribution in [2.24, 2.45) is 5.92 Å². The van der Waals surface area contributed by atoms with Crippen molar-refractivity contribution in [3.8, 4) is 0 Å². The largest absolute Gasteiger partial charge is 0.339 e. The van der Waals surface area contributed by atoms with Crippen LogP contribution in [0.15, 0.2) is 42.6 Å². The van der Waals surface area contributed by atoms with Crippen molar-refractivity contribution >= 4 is 25.8 Å². The maximum Gasteiger partial charge on any atom is 0.237 e. The van der Waals surface area contributed by atoms with E-state index >= 15 is 0 Å². The van der Waals surface area contributed by atoms with Gasteiger partial charge in [-0.3, -0.25) is 4.79 Å². The lowest BCUT2D eigenvalue weighted by atomic mass is 9.55. The standard InChI is InChI=1S/C27H43B2NO/c1-22(30-27(31)29-26-16-6-3-2-4-7-17-26)20-21-23-12-10-18-25(19-11-13-23)28-24-14-8-5-9-15-24/h5,8-9,14-15,23,25-26,28-29H,1-4,6-7,10-13,16-21H2,(H,30,31). The van der Waals surface area contributed by atoms with E-state index in [2.05, 4.69) is 42.2 Å². The lowest BCUT2D eigenvalue weighted by molar-refractivity contribution is 0.260. The Morgan fingerprint density at radius 1 is 0.839 bits per heavy atom. The number of rotatable bonds is 8. The fourth-order valence-corrected chi connectivity index (χ4v) is 5.82. The van der Waals surface area contributed by atoms with Crippen molar-refractivity contribution < 1.29 is 4.79 Å². The van der Waals surface area contributed by atoms with Crippen LogP contribution in [0.4, 0.5) is 4.79 Å². The molecule has 31 heavy (non-hydrogen) atoms. The first kappa shape index (κ1) is 24.2. The van der Waals surface area contributed by atoms with Crippen LogP contribution in [0.25, 0.3) is 0 Å². The lowest BCUT2D eigenvalue weighted by Gasteiger charge is -2.25. The highest BCUT2D eigenvalue weighted by molar-refractivity contribution is 6.74. The van der Waals surface area contributed by atoms with Crippen LogP contribution in [0.3, 0.4) is 0 Å². The molecule has 4 heteroatoms. The Hall–Kier alpha value is -1.44. The van der Waals surface area contributed by atoms with E-state index in [1.807, 2.05) is 0 Å². The molecule has 2 nitrogen and oxygen atoms in total. The zero-order chi connectivity index (χ0) is 21.7. The zero-order valence-electron chi connectivity index (χ0n) is 19.8. The molecule has 168 valence electrons. The van der Waals surface area contributed by atoms with Crippen LogP contribution in [-0.4, -0.2) is 20.4 Å². The van der Waals surface area contributed by atoms with Crippen molar-refractivity contribution in [2.75, 3.05) is 0 Å². The number of benzene rings is 1. The molecule has 0 saturated heterocycles. The number of allylic oxidation sites excluding steroid dienone is 1. The Morgan fingerprint density at radius 2 is 1.45 bits per heavy atom. The van der Waals surface area contributed by atoms with E-state index in [1.165, 1.54) is 103 Å². The van der Waals surface area contributed by atoms with Crippen molar-refractivity contribution in [1.29, 1.82) is 0 Å². The summed E-state index contributed by atoms with van der Waals surface area (Å²) in [5.74, 6) is 2.45. The minimum atomic E-state index is 0.206. The van der Waals surface area contributed by atoms with E-state index in [0.29, 0.717) is 13.1 Å². The first-order valence-corrected chi connectivity index (χ1v) is 13.2. The van der Waals surface area contributed by atoms with E-state index in [4.69, 9.17) is 0 Å². The summed E-state index contributed by atoms with van der Waals surface area (Å²) >= 11 is 0. The third kappa shape index (κ3) is 9.71. The van der Waals surface area contributed by atoms with Gasteiger partial charge in [0.15, 0.2) is 13.1 Å². The van der Waals surface area contributed by atoms with E-state index in [-0.39, 0.29) is 5.81 Å². The molecule has 0 atom stereocenters. The second-order valence-corrected chi connectivity index (χ2v) is 10.4. The predicted octanol–water partition coefficient (Wildman–Crippen LogP) is 6.48. The number of hydrogen-bond donors (Lipinski definition) is 1. The summed E-state index contributed by atoms with van der Waals surface area (Å²) in [5, 5.41) is 3.13. The van der Waals surface area contributed by atoms with E-state index in [0.717, 1.165) is 23.9 Å². The third-order valence-corrected chi connectivity index (χ3v) is 7.69. The fraction of sp³-hybridized carbons (Fsp3) is 0.667. The van der Waals surface area contributed by atoms with Crippen molar-refractivity contribution in [2.45, 2.75) is 108 Å². The molecule has 0 spiro atoms. The molecule has 1 aromatic rings. The summed E-state index contributed by atoms with van der Waals surface area (Å²) < 4.78 is 0. The van der Waals surface area contributed by atoms with Gasteiger partial charge in [-0.15, -0.1) is 0 Å². The molecule has 1 aromatic carbocycles. The maximum atomic E-state index is 12.5. The average molecular weight is 419 g/mol. The fourth-order valence-electron chi connectivity index (χ4n) is 5.82. The molecule has 3 rings (SSSR count). The smallest absolute Gasteiger partial charge is 0.237 e. The van der Waals surface area contributed by atoms with Gasteiger partial charge in [0.1, 0.15) is 0 Å². The van der Waals surface area contributed by atoms with Crippen LogP contribution >= 0.6 is 0 Å². The predicted molar refractivity (Wildman–Crippen MR) is 138 cm³/mol. The number of carbonyl (C=O) groups excluding carboxylic acids is 1. The Bertz CT molecular complexity index is 644. The highest BCUT2D eigenvalue weighted by atomic mass is 16.1. The van der Waals surface area contributed by atoms with E-state index in [9.17, 15) is 4.79 Å². The van der Waals surface area contributed by atoms with Gasteiger partial charge in [0.25, 0.3) is 0 Å². The van der Waals surface area contributed by atoms with Gasteiger partial charge in [0.2, 0.25) is 7.28 Å². The highest BCUT2D eigenvalue weighted by Gasteiger charge is 2.20. The van der Waals surface area contributed by atoms with Crippen LogP contribution in [0, 0.1) is 5.92 Å². The molecule has 1 N–H and O–H groups in total. The van der Waals surface area contributed by atoms with Crippen LogP contribution in [0.1, 0.15) is 96.3 Å². The Morgan fingerprint density at radius 3 is 2.13 bits per heavy atom. The zero-order valence-corrected chi connectivity index (χ0v) is 19.8. The van der Waals surface area contributed by atoms with Gasteiger partial charge in [-0.05, 0) is 18.8 Å². The van der Waals surface area contributed by atoms with Gasteiger partial charge in [-0.25, -0.2) is 0 Å². The molecule has 0 aliphatic heterocycles. The first-order valence-electron chi connectivity index (χ1n) is 13.2. The minimum absolute atomic E-state index is 0.206. The van der Waals surface area contributed by atoms with Crippen LogP contribution < -0.4 is 10.8 Å². The topological polar surface area (TPSA) is 29.1 Å². The molecular formula is C27H43B2NO. The van der Waals surface area contributed by atoms with Crippen molar-refractivity contribution in [3.05, 3.63) is 42.6 Å². The number of hydrogen-bond acceptors (Lipinski definition) is 1. The summed E-state index contributed by atoms with van der Waals surface area (Å²) in [4.78, 5) is 12.5. The Balaban J connectivity index is 1.30. The second kappa shape index (κ2) is 13.9. The average Bonchev–Trinajstić information content (AvgIpc) is 2.71. The quantitative estimate of drug-likeness (QED) is 0.480. The molecule has 0 radical (unpaired) electrons. The lowest BCUT2D eigenvalue weighted by Crippen LogP contribution is -2.29. The molecular weight excluding hydrogens is 376 g/mol. The van der Waals surface area contributed by atoms with Crippen molar-refractivity contribution in [1.82, 2.24) is 5.32 Å². The first-order chi connectivity index (χ1) is 15.2. The van der Waals surface area contributed by atoms with E-state index < -0.39 is 0 Å². The van der Waals surface area contributed by atoms with Crippen LogP contribution in [0.2, 0.25) is 11.6 Å². The van der Waals surface area contributed by atoms with Gasteiger partial charge in [0.05, 0.1) is 0 Å². The summed E-state index contributed by atoms with van der Waals surface area (Å²) in [6, 6.07) is 11.0. The number of carbonyl (C=O) groups is 1. The molecule has 2 fully saturated rings. The molecule has 1 amide bonds. The monoisotopic (exact) mass is 419 g/mol.